The maximum Gasteiger partial charge on any atom is 0.229 e. The number of aromatic nitrogens is 4. The Morgan fingerprint density at radius 3 is 2.54 bits per heavy atom. The van der Waals surface area contributed by atoms with Crippen molar-refractivity contribution in [3.8, 4) is 5.75 Å². The van der Waals surface area contributed by atoms with Crippen molar-refractivity contribution in [2.24, 2.45) is 0 Å². The van der Waals surface area contributed by atoms with E-state index < -0.39 is 7.14 Å². The van der Waals surface area contributed by atoms with E-state index >= 15 is 0 Å². The van der Waals surface area contributed by atoms with Crippen LogP contribution < -0.4 is 25.6 Å². The maximum absolute atomic E-state index is 13.4. The first kappa shape index (κ1) is 32.6. The molecule has 13 heteroatoms. The summed E-state index contributed by atoms with van der Waals surface area (Å²) in [4.78, 5) is 23.2. The number of piperidine rings is 1. The lowest BCUT2D eigenvalue weighted by Crippen LogP contribution is -2.44. The fraction of sp³-hybridized carbons (Fsp3) is 0.455. The van der Waals surface area contributed by atoms with E-state index in [1.54, 1.807) is 39.0 Å². The molecule has 2 aliphatic heterocycles. The molecule has 2 fully saturated rings. The van der Waals surface area contributed by atoms with Gasteiger partial charge in [-0.15, -0.1) is 0 Å². The summed E-state index contributed by atoms with van der Waals surface area (Å²) in [5.41, 5.74) is 5.07. The number of hydrogen-bond donors (Lipinski definition) is 2. The third-order valence-corrected chi connectivity index (χ3v) is 10.9. The number of nitrogens with zero attached hydrogens (tertiary/aromatic N) is 6. The van der Waals surface area contributed by atoms with Crippen LogP contribution in [0.4, 0.5) is 28.8 Å². The fourth-order valence-corrected chi connectivity index (χ4v) is 8.33. The topological polar surface area (TPSA) is 118 Å². The predicted octanol–water partition coefficient (Wildman–Crippen LogP) is 6.31. The highest BCUT2D eigenvalue weighted by molar-refractivity contribution is 9.10. The number of likely N-dealkylation sites (tertiary alicyclic amines) is 1. The normalized spacial score (nSPS) is 17.9. The molecule has 0 aliphatic carbocycles. The number of hydrogen-bond acceptors (Lipinski definition) is 11. The van der Waals surface area contributed by atoms with E-state index in [1.807, 2.05) is 12.1 Å². The second-order valence-corrected chi connectivity index (χ2v) is 16.3. The lowest BCUT2D eigenvalue weighted by atomic mass is 10.0. The molecule has 2 saturated heterocycles. The summed E-state index contributed by atoms with van der Waals surface area (Å²) < 4.78 is 25.8. The summed E-state index contributed by atoms with van der Waals surface area (Å²) in [6.07, 6.45) is 8.73. The number of fused-ring (bicyclic) bond motifs is 1. The predicted molar refractivity (Wildman–Crippen MR) is 189 cm³/mol. The van der Waals surface area contributed by atoms with E-state index in [9.17, 15) is 4.57 Å². The summed E-state index contributed by atoms with van der Waals surface area (Å²) >= 11 is 3.58. The van der Waals surface area contributed by atoms with Gasteiger partial charge in [-0.2, -0.15) is 4.98 Å². The third kappa shape index (κ3) is 7.00. The standard InChI is InChI=1S/C33H42BrN8O3P/c1-6-45-23-11-16-42(20-23)22-9-14-41(15-10-22)28-18-29(44-3)27(17-21(28)2)39-33-37-19-24(34)32(40-33)38-26-8-7-25-30(36-13-12-35-25)31(26)46(4,5)43/h7-8,12-13,17-19,22-23H,6,9-11,14-16,20H2,1-5H3,(H2,37,38,39,40)/t23-/m1/s1. The van der Waals surface area contributed by atoms with Crippen LogP contribution in [0.5, 0.6) is 5.75 Å². The Hall–Kier alpha value is -3.31. The summed E-state index contributed by atoms with van der Waals surface area (Å²) in [6.45, 7) is 12.7. The number of benzene rings is 2. The zero-order valence-corrected chi connectivity index (χ0v) is 29.6. The summed E-state index contributed by atoms with van der Waals surface area (Å²) in [6, 6.07) is 8.54. The molecule has 0 spiro atoms. The Labute approximate surface area is 279 Å². The van der Waals surface area contributed by atoms with E-state index in [2.05, 4.69) is 77.3 Å². The highest BCUT2D eigenvalue weighted by Crippen LogP contribution is 2.42. The molecule has 1 atom stereocenters. The number of nitrogens with one attached hydrogen (secondary N) is 2. The number of methoxy groups -OCH3 is 1. The minimum Gasteiger partial charge on any atom is -0.494 e. The Bertz CT molecular complexity index is 1760. The van der Waals surface area contributed by atoms with Gasteiger partial charge in [-0.3, -0.25) is 14.9 Å². The smallest absolute Gasteiger partial charge is 0.229 e. The first-order chi connectivity index (χ1) is 22.1. The van der Waals surface area contributed by atoms with Gasteiger partial charge in [0.25, 0.3) is 0 Å². The Morgan fingerprint density at radius 2 is 1.80 bits per heavy atom. The van der Waals surface area contributed by atoms with Gasteiger partial charge in [-0.05, 0) is 86.1 Å². The van der Waals surface area contributed by atoms with Gasteiger partial charge in [-0.25, -0.2) is 4.98 Å². The lowest BCUT2D eigenvalue weighted by Gasteiger charge is -2.38. The molecule has 2 N–H and O–H groups in total. The summed E-state index contributed by atoms with van der Waals surface area (Å²) in [5.74, 6) is 1.64. The van der Waals surface area contributed by atoms with Crippen LogP contribution >= 0.6 is 23.1 Å². The summed E-state index contributed by atoms with van der Waals surface area (Å²) in [7, 11) is -1.05. The molecular weight excluding hydrogens is 667 g/mol. The van der Waals surface area contributed by atoms with Crippen LogP contribution in [0, 0.1) is 6.92 Å². The molecule has 0 amide bonds. The molecule has 0 unspecified atom stereocenters. The zero-order chi connectivity index (χ0) is 32.4. The average Bonchev–Trinajstić information content (AvgIpc) is 3.51. The van der Waals surface area contributed by atoms with Crippen LogP contribution in [0.1, 0.15) is 31.7 Å². The van der Waals surface area contributed by atoms with Crippen LogP contribution in [-0.4, -0.2) is 90.2 Å². The van der Waals surface area contributed by atoms with Crippen molar-refractivity contribution in [1.29, 1.82) is 0 Å². The Kier molecular flexibility index (Phi) is 9.80. The molecule has 0 radical (unpaired) electrons. The zero-order valence-electron chi connectivity index (χ0n) is 27.1. The van der Waals surface area contributed by atoms with E-state index in [-0.39, 0.29) is 0 Å². The van der Waals surface area contributed by atoms with Gasteiger partial charge in [0.05, 0.1) is 39.9 Å². The van der Waals surface area contributed by atoms with Crippen molar-refractivity contribution in [2.45, 2.75) is 45.3 Å². The molecule has 0 bridgehead atoms. The van der Waals surface area contributed by atoms with Crippen molar-refractivity contribution in [3.05, 3.63) is 52.9 Å². The highest BCUT2D eigenvalue weighted by atomic mass is 79.9. The van der Waals surface area contributed by atoms with E-state index in [4.69, 9.17) is 14.5 Å². The molecule has 6 rings (SSSR count). The summed E-state index contributed by atoms with van der Waals surface area (Å²) in [5, 5.41) is 7.35. The van der Waals surface area contributed by atoms with Crippen molar-refractivity contribution in [1.82, 2.24) is 24.8 Å². The van der Waals surface area contributed by atoms with Crippen molar-refractivity contribution >= 4 is 68.2 Å². The van der Waals surface area contributed by atoms with Gasteiger partial charge in [0, 0.05) is 69.2 Å². The number of halogens is 1. The quantitative estimate of drug-likeness (QED) is 0.180. The van der Waals surface area contributed by atoms with Crippen molar-refractivity contribution in [2.75, 3.05) is 68.8 Å². The van der Waals surface area contributed by atoms with Crippen LogP contribution in [0.3, 0.4) is 0 Å². The largest absolute Gasteiger partial charge is 0.494 e. The van der Waals surface area contributed by atoms with Gasteiger partial charge >= 0.3 is 0 Å². The van der Waals surface area contributed by atoms with E-state index in [0.717, 1.165) is 69.0 Å². The number of rotatable bonds is 10. The minimum atomic E-state index is -2.73. The molecule has 4 aromatic rings. The van der Waals surface area contributed by atoms with Crippen LogP contribution in [0.2, 0.25) is 0 Å². The molecule has 4 heterocycles. The Balaban J connectivity index is 1.19. The van der Waals surface area contributed by atoms with Crippen molar-refractivity contribution < 1.29 is 14.0 Å². The molecule has 2 aromatic carbocycles. The molecule has 2 aromatic heterocycles. The molecular formula is C33H42BrN8O3P. The first-order valence-electron chi connectivity index (χ1n) is 15.8. The minimum absolute atomic E-state index is 0.383. The van der Waals surface area contributed by atoms with Crippen LogP contribution in [0.15, 0.2) is 47.3 Å². The van der Waals surface area contributed by atoms with E-state index in [0.29, 0.717) is 50.4 Å². The molecule has 244 valence electrons. The lowest BCUT2D eigenvalue weighted by molar-refractivity contribution is 0.0626. The molecule has 11 nitrogen and oxygen atoms in total. The molecule has 2 aliphatic rings. The van der Waals surface area contributed by atoms with Crippen LogP contribution in [0.25, 0.3) is 11.0 Å². The van der Waals surface area contributed by atoms with Crippen LogP contribution in [-0.2, 0) is 9.30 Å². The highest BCUT2D eigenvalue weighted by Gasteiger charge is 2.31. The molecule has 0 saturated carbocycles. The monoisotopic (exact) mass is 708 g/mol. The average molecular weight is 710 g/mol. The van der Waals surface area contributed by atoms with Crippen molar-refractivity contribution in [3.63, 3.8) is 0 Å². The first-order valence-corrected chi connectivity index (χ1v) is 19.2. The molecule has 46 heavy (non-hydrogen) atoms. The second-order valence-electron chi connectivity index (χ2n) is 12.3. The van der Waals surface area contributed by atoms with Gasteiger partial charge in [-0.1, -0.05) is 0 Å². The Morgan fingerprint density at radius 1 is 1.02 bits per heavy atom. The third-order valence-electron chi connectivity index (χ3n) is 8.81. The maximum atomic E-state index is 13.4. The second kappa shape index (κ2) is 13.8. The van der Waals surface area contributed by atoms with Gasteiger partial charge in [0.2, 0.25) is 5.95 Å². The van der Waals surface area contributed by atoms with Gasteiger partial charge in [0.15, 0.2) is 0 Å². The number of anilines is 5. The van der Waals surface area contributed by atoms with Gasteiger partial charge < -0.3 is 29.6 Å². The number of aryl methyl sites for hydroxylation is 1. The fourth-order valence-electron chi connectivity index (χ4n) is 6.64. The van der Waals surface area contributed by atoms with E-state index in [1.165, 1.54) is 5.69 Å². The van der Waals surface area contributed by atoms with Gasteiger partial charge in [0.1, 0.15) is 24.2 Å². The number of ether oxygens (including phenoxy) is 2. The SMILES string of the molecule is CCO[C@@H]1CCN(C2CCN(c3cc(OC)c(Nc4ncc(Br)c(Nc5ccc6nccnc6c5P(C)(C)=O)n4)cc3C)CC2)C1.